The molecule has 0 aliphatic heterocycles. The van der Waals surface area contributed by atoms with E-state index in [1.54, 1.807) is 6.92 Å². The Hall–Kier alpha value is -3.54. The fraction of sp³-hybridized carbons (Fsp3) is 0.263. The predicted molar refractivity (Wildman–Crippen MR) is 103 cm³/mol. The number of alkyl halides is 3. The molecule has 0 heterocycles. The van der Waals surface area contributed by atoms with Gasteiger partial charge in [-0.3, -0.25) is 10.1 Å². The van der Waals surface area contributed by atoms with Crippen molar-refractivity contribution >= 4 is 29.2 Å². The van der Waals surface area contributed by atoms with Crippen LogP contribution in [0.4, 0.5) is 18.9 Å². The summed E-state index contributed by atoms with van der Waals surface area (Å²) in [5, 5.41) is 11.0. The van der Waals surface area contributed by atoms with Gasteiger partial charge < -0.3 is 18.9 Å². The minimum atomic E-state index is -4.92. The van der Waals surface area contributed by atoms with Crippen molar-refractivity contribution in [1.29, 1.82) is 0 Å². The summed E-state index contributed by atoms with van der Waals surface area (Å²) < 4.78 is 55.7. The van der Waals surface area contributed by atoms with Gasteiger partial charge in [-0.25, -0.2) is 9.59 Å². The highest BCUT2D eigenvalue weighted by Gasteiger charge is 2.31. The zero-order valence-corrected chi connectivity index (χ0v) is 17.2. The molecule has 2 aromatic carbocycles. The molecule has 1 atom stereocenters. The maximum absolute atomic E-state index is 12.4. The largest absolute Gasteiger partial charge is 0.573 e. The third kappa shape index (κ3) is 6.74. The van der Waals surface area contributed by atoms with E-state index in [-0.39, 0.29) is 23.1 Å². The monoisotopic (exact) mass is 477 g/mol. The van der Waals surface area contributed by atoms with E-state index in [0.29, 0.717) is 0 Å². The second-order valence-electron chi connectivity index (χ2n) is 5.98. The first kappa shape index (κ1) is 24.7. The number of halogens is 4. The van der Waals surface area contributed by atoms with Crippen LogP contribution in [0.5, 0.6) is 17.2 Å². The number of nitro benzene ring substituents is 1. The van der Waals surface area contributed by atoms with Gasteiger partial charge in [0.1, 0.15) is 22.8 Å². The van der Waals surface area contributed by atoms with Crippen LogP contribution in [0.15, 0.2) is 36.4 Å². The van der Waals surface area contributed by atoms with Crippen molar-refractivity contribution in [2.24, 2.45) is 0 Å². The number of carbonyl (C=O) groups excluding carboxylic acids is 2. The van der Waals surface area contributed by atoms with Crippen LogP contribution in [-0.2, 0) is 14.3 Å². The Labute approximate surface area is 183 Å². The molecule has 2 rings (SSSR count). The molecule has 0 aliphatic rings. The lowest BCUT2D eigenvalue weighted by Crippen LogP contribution is -2.26. The summed E-state index contributed by atoms with van der Waals surface area (Å²) in [5.41, 5.74) is -1.16. The van der Waals surface area contributed by atoms with Gasteiger partial charge >= 0.3 is 18.3 Å². The third-order valence-electron chi connectivity index (χ3n) is 3.65. The Morgan fingerprint density at radius 1 is 1.16 bits per heavy atom. The Kier molecular flexibility index (Phi) is 7.87. The first-order chi connectivity index (χ1) is 14.9. The van der Waals surface area contributed by atoms with E-state index in [9.17, 15) is 32.9 Å². The van der Waals surface area contributed by atoms with E-state index in [0.717, 1.165) is 36.4 Å². The minimum Gasteiger partial charge on any atom is -0.463 e. The maximum Gasteiger partial charge on any atom is 0.573 e. The summed E-state index contributed by atoms with van der Waals surface area (Å²) in [6.07, 6.45) is -6.25. The van der Waals surface area contributed by atoms with Crippen LogP contribution in [0, 0.1) is 10.1 Å². The number of hydrogen-bond donors (Lipinski definition) is 0. The van der Waals surface area contributed by atoms with Crippen LogP contribution in [0.1, 0.15) is 24.2 Å². The van der Waals surface area contributed by atoms with Crippen LogP contribution in [0.3, 0.4) is 0 Å². The molecule has 0 amide bonds. The lowest BCUT2D eigenvalue weighted by Gasteiger charge is -2.14. The smallest absolute Gasteiger partial charge is 0.463 e. The van der Waals surface area contributed by atoms with Gasteiger partial charge in [-0.05, 0) is 32.0 Å². The molecule has 0 N–H and O–H groups in total. The number of nitro groups is 1. The van der Waals surface area contributed by atoms with Gasteiger partial charge in [0.05, 0.1) is 16.6 Å². The summed E-state index contributed by atoms with van der Waals surface area (Å²) >= 11 is 5.90. The Morgan fingerprint density at radius 3 is 2.38 bits per heavy atom. The van der Waals surface area contributed by atoms with Gasteiger partial charge in [0.2, 0.25) is 0 Å². The summed E-state index contributed by atoms with van der Waals surface area (Å²) in [6.45, 7) is 2.81. The van der Waals surface area contributed by atoms with Crippen molar-refractivity contribution in [3.8, 4) is 17.2 Å². The number of benzene rings is 2. The molecule has 2 aromatic rings. The Morgan fingerprint density at radius 2 is 1.81 bits per heavy atom. The molecule has 0 spiro atoms. The molecule has 0 saturated carbocycles. The summed E-state index contributed by atoms with van der Waals surface area (Å²) in [7, 11) is 0. The first-order valence-corrected chi connectivity index (χ1v) is 9.18. The number of hydrogen-bond acceptors (Lipinski definition) is 8. The predicted octanol–water partition coefficient (Wildman–Crippen LogP) is 5.05. The first-order valence-electron chi connectivity index (χ1n) is 8.80. The number of rotatable bonds is 8. The average molecular weight is 478 g/mol. The van der Waals surface area contributed by atoms with Gasteiger partial charge in [-0.1, -0.05) is 11.6 Å². The molecular weight excluding hydrogens is 463 g/mol. The topological polar surface area (TPSA) is 114 Å². The molecule has 0 aromatic heterocycles. The van der Waals surface area contributed by atoms with Crippen LogP contribution >= 0.6 is 11.6 Å². The molecule has 32 heavy (non-hydrogen) atoms. The van der Waals surface area contributed by atoms with Crippen LogP contribution in [0.2, 0.25) is 5.02 Å². The second-order valence-corrected chi connectivity index (χ2v) is 6.38. The summed E-state index contributed by atoms with van der Waals surface area (Å²) in [5.74, 6) is -2.85. The molecule has 0 aliphatic carbocycles. The fourth-order valence-electron chi connectivity index (χ4n) is 2.32. The quantitative estimate of drug-likeness (QED) is 0.295. The van der Waals surface area contributed by atoms with E-state index in [4.69, 9.17) is 25.8 Å². The normalized spacial score (nSPS) is 11.9. The average Bonchev–Trinajstić information content (AvgIpc) is 2.68. The lowest BCUT2D eigenvalue weighted by atomic mass is 10.1. The number of ether oxygens (including phenoxy) is 4. The van der Waals surface area contributed by atoms with Crippen molar-refractivity contribution in [1.82, 2.24) is 0 Å². The standard InChI is InChI=1S/C19H15ClF3NO8/c1-3-29-17(25)10(2)30-18(26)13-8-11(4-6-15(13)24(27)28)31-16-7-5-12(9-14(16)20)32-19(21,22)23/h4-10H,3H2,1-2H3. The number of esters is 2. The third-order valence-corrected chi connectivity index (χ3v) is 3.95. The number of carbonyl (C=O) groups is 2. The molecule has 0 saturated heterocycles. The van der Waals surface area contributed by atoms with Crippen LogP contribution in [0.25, 0.3) is 0 Å². The molecule has 1 unspecified atom stereocenters. The van der Waals surface area contributed by atoms with E-state index in [1.165, 1.54) is 6.92 Å². The lowest BCUT2D eigenvalue weighted by molar-refractivity contribution is -0.385. The summed E-state index contributed by atoms with van der Waals surface area (Å²) in [6, 6.07) is 5.93. The van der Waals surface area contributed by atoms with Gasteiger partial charge in [0, 0.05) is 18.2 Å². The SMILES string of the molecule is CCOC(=O)C(C)OC(=O)c1cc(Oc2ccc(OC(F)(F)F)cc2Cl)ccc1[N+](=O)[O-]. The minimum absolute atomic E-state index is 0.0394. The van der Waals surface area contributed by atoms with Crippen molar-refractivity contribution in [3.63, 3.8) is 0 Å². The molecule has 0 radical (unpaired) electrons. The molecule has 9 nitrogen and oxygen atoms in total. The highest BCUT2D eigenvalue weighted by Crippen LogP contribution is 2.35. The second kappa shape index (κ2) is 10.2. The molecular formula is C19H15ClF3NO8. The Balaban J connectivity index is 2.28. The zero-order valence-electron chi connectivity index (χ0n) is 16.5. The van der Waals surface area contributed by atoms with Gasteiger partial charge in [0.15, 0.2) is 6.10 Å². The Bertz CT molecular complexity index is 1030. The van der Waals surface area contributed by atoms with E-state index < -0.39 is 46.3 Å². The molecule has 0 bridgehead atoms. The van der Waals surface area contributed by atoms with Crippen molar-refractivity contribution in [3.05, 3.63) is 57.1 Å². The number of nitrogens with zero attached hydrogens (tertiary/aromatic N) is 1. The van der Waals surface area contributed by atoms with Crippen LogP contribution in [-0.4, -0.2) is 35.9 Å². The summed E-state index contributed by atoms with van der Waals surface area (Å²) in [4.78, 5) is 34.5. The van der Waals surface area contributed by atoms with Crippen molar-refractivity contribution in [2.75, 3.05) is 6.61 Å². The molecule has 13 heteroatoms. The molecule has 172 valence electrons. The van der Waals surface area contributed by atoms with Gasteiger partial charge in [0.25, 0.3) is 5.69 Å². The van der Waals surface area contributed by atoms with E-state index in [2.05, 4.69) is 4.74 Å². The molecule has 0 fully saturated rings. The van der Waals surface area contributed by atoms with E-state index in [1.807, 2.05) is 0 Å². The van der Waals surface area contributed by atoms with Crippen LogP contribution < -0.4 is 9.47 Å². The van der Waals surface area contributed by atoms with Gasteiger partial charge in [-0.15, -0.1) is 13.2 Å². The highest BCUT2D eigenvalue weighted by molar-refractivity contribution is 6.32. The maximum atomic E-state index is 12.4. The van der Waals surface area contributed by atoms with Gasteiger partial charge in [-0.2, -0.15) is 0 Å². The van der Waals surface area contributed by atoms with Crippen molar-refractivity contribution < 1.29 is 46.6 Å². The van der Waals surface area contributed by atoms with E-state index >= 15 is 0 Å². The van der Waals surface area contributed by atoms with Crippen molar-refractivity contribution in [2.45, 2.75) is 26.3 Å². The zero-order chi connectivity index (χ0) is 24.1. The highest BCUT2D eigenvalue weighted by atomic mass is 35.5. The fourth-order valence-corrected chi connectivity index (χ4v) is 2.53.